The van der Waals surface area contributed by atoms with E-state index >= 15 is 0 Å². The molecule has 0 radical (unpaired) electrons. The number of rotatable bonds is 4. The van der Waals surface area contributed by atoms with E-state index in [0.29, 0.717) is 0 Å². The third-order valence-corrected chi connectivity index (χ3v) is 3.19. The van der Waals surface area contributed by atoms with E-state index in [1.54, 1.807) is 7.11 Å². The van der Waals surface area contributed by atoms with Crippen LogP contribution in [0.1, 0.15) is 23.0 Å². The fourth-order valence-corrected chi connectivity index (χ4v) is 2.18. The van der Waals surface area contributed by atoms with Crippen molar-refractivity contribution < 1.29 is 4.74 Å². The number of benzene rings is 1. The summed E-state index contributed by atoms with van der Waals surface area (Å²) < 4.78 is 7.27. The average molecular weight is 245 g/mol. The van der Waals surface area contributed by atoms with Gasteiger partial charge in [-0.3, -0.25) is 0 Å². The molecular weight excluding hydrogens is 226 g/mol. The van der Waals surface area contributed by atoms with Gasteiger partial charge < -0.3 is 14.6 Å². The molecule has 0 fully saturated rings. The quantitative estimate of drug-likeness (QED) is 0.896. The number of nitrogens with zero attached hydrogens (tertiary/aromatic N) is 2. The lowest BCUT2D eigenvalue weighted by atomic mass is 10.0. The first-order valence-corrected chi connectivity index (χ1v) is 5.96. The lowest BCUT2D eigenvalue weighted by Gasteiger charge is -2.19. The fourth-order valence-electron chi connectivity index (χ4n) is 2.18. The van der Waals surface area contributed by atoms with Gasteiger partial charge in [-0.2, -0.15) is 0 Å². The molecule has 0 aliphatic heterocycles. The van der Waals surface area contributed by atoms with Gasteiger partial charge >= 0.3 is 0 Å². The molecule has 1 unspecified atom stereocenters. The first-order chi connectivity index (χ1) is 8.67. The molecule has 18 heavy (non-hydrogen) atoms. The molecule has 1 N–H and O–H groups in total. The van der Waals surface area contributed by atoms with E-state index in [2.05, 4.69) is 23.3 Å². The molecule has 2 aromatic rings. The maximum Gasteiger partial charge on any atom is 0.130 e. The number of imidazole rings is 1. The van der Waals surface area contributed by atoms with Crippen LogP contribution in [0, 0.1) is 6.92 Å². The van der Waals surface area contributed by atoms with Crippen LogP contribution >= 0.6 is 0 Å². The number of aromatic nitrogens is 2. The van der Waals surface area contributed by atoms with Crippen molar-refractivity contribution in [1.29, 1.82) is 0 Å². The highest BCUT2D eigenvalue weighted by Gasteiger charge is 2.18. The van der Waals surface area contributed by atoms with Crippen LogP contribution in [0.25, 0.3) is 0 Å². The van der Waals surface area contributed by atoms with Gasteiger partial charge in [-0.05, 0) is 37.2 Å². The summed E-state index contributed by atoms with van der Waals surface area (Å²) in [5.74, 6) is 1.89. The first kappa shape index (κ1) is 12.6. The van der Waals surface area contributed by atoms with Gasteiger partial charge in [0.25, 0.3) is 0 Å². The van der Waals surface area contributed by atoms with Gasteiger partial charge in [-0.1, -0.05) is 6.07 Å². The molecule has 0 saturated heterocycles. The van der Waals surface area contributed by atoms with E-state index in [0.717, 1.165) is 11.6 Å². The smallest absolute Gasteiger partial charge is 0.130 e. The molecule has 1 heterocycles. The highest BCUT2D eigenvalue weighted by molar-refractivity contribution is 5.39. The Morgan fingerprint density at radius 2 is 2.17 bits per heavy atom. The first-order valence-electron chi connectivity index (χ1n) is 5.96. The molecule has 2 rings (SSSR count). The van der Waals surface area contributed by atoms with Crippen molar-refractivity contribution in [3.63, 3.8) is 0 Å². The monoisotopic (exact) mass is 245 g/mol. The van der Waals surface area contributed by atoms with E-state index in [-0.39, 0.29) is 6.04 Å². The van der Waals surface area contributed by atoms with Gasteiger partial charge in [0.05, 0.1) is 13.2 Å². The topological polar surface area (TPSA) is 39.1 Å². The van der Waals surface area contributed by atoms with Crippen LogP contribution in [0.4, 0.5) is 0 Å². The largest absolute Gasteiger partial charge is 0.497 e. The molecule has 0 saturated carbocycles. The number of ether oxygens (including phenoxy) is 1. The number of hydrogen-bond donors (Lipinski definition) is 1. The van der Waals surface area contributed by atoms with Crippen LogP contribution in [-0.2, 0) is 7.05 Å². The molecule has 4 nitrogen and oxygen atoms in total. The third-order valence-electron chi connectivity index (χ3n) is 3.19. The highest BCUT2D eigenvalue weighted by atomic mass is 16.5. The van der Waals surface area contributed by atoms with Gasteiger partial charge in [0.15, 0.2) is 0 Å². The maximum absolute atomic E-state index is 5.24. The van der Waals surface area contributed by atoms with Crippen molar-refractivity contribution in [2.45, 2.75) is 13.0 Å². The van der Waals surface area contributed by atoms with Crippen LogP contribution in [0.2, 0.25) is 0 Å². The molecule has 1 atom stereocenters. The SMILES string of the molecule is CNC(c1ccc(OC)cc1C)c1nccn1C. The van der Waals surface area contributed by atoms with E-state index in [9.17, 15) is 0 Å². The second-order valence-electron chi connectivity index (χ2n) is 4.34. The standard InChI is InChI=1S/C14H19N3O/c1-10-9-11(18-4)5-6-12(10)13(15-2)14-16-7-8-17(14)3/h5-9,13,15H,1-4H3. The predicted molar refractivity (Wildman–Crippen MR) is 71.8 cm³/mol. The molecule has 0 bridgehead atoms. The number of nitrogens with one attached hydrogen (secondary N) is 1. The predicted octanol–water partition coefficient (Wildman–Crippen LogP) is 2.05. The van der Waals surface area contributed by atoms with Crippen molar-refractivity contribution in [2.75, 3.05) is 14.2 Å². The minimum absolute atomic E-state index is 0.0934. The Balaban J connectivity index is 2.42. The average Bonchev–Trinajstić information content (AvgIpc) is 2.78. The van der Waals surface area contributed by atoms with E-state index in [1.165, 1.54) is 11.1 Å². The summed E-state index contributed by atoms with van der Waals surface area (Å²) in [6.07, 6.45) is 3.77. The molecular formula is C14H19N3O. The molecule has 0 aliphatic rings. The number of hydrogen-bond acceptors (Lipinski definition) is 3. The lowest BCUT2D eigenvalue weighted by molar-refractivity contribution is 0.414. The van der Waals surface area contributed by atoms with Crippen molar-refractivity contribution in [2.24, 2.45) is 7.05 Å². The Morgan fingerprint density at radius 1 is 1.39 bits per heavy atom. The molecule has 0 amide bonds. The summed E-state index contributed by atoms with van der Waals surface area (Å²) in [5, 5.41) is 3.32. The van der Waals surface area contributed by atoms with E-state index in [4.69, 9.17) is 4.74 Å². The summed E-state index contributed by atoms with van der Waals surface area (Å²) in [7, 11) is 5.64. The van der Waals surface area contributed by atoms with E-state index in [1.807, 2.05) is 43.2 Å². The van der Waals surface area contributed by atoms with Crippen molar-refractivity contribution in [3.8, 4) is 5.75 Å². The van der Waals surface area contributed by atoms with Crippen molar-refractivity contribution in [1.82, 2.24) is 14.9 Å². The van der Waals surface area contributed by atoms with Crippen LogP contribution in [-0.4, -0.2) is 23.7 Å². The maximum atomic E-state index is 5.24. The minimum Gasteiger partial charge on any atom is -0.497 e. The normalized spacial score (nSPS) is 12.4. The zero-order valence-corrected chi connectivity index (χ0v) is 11.3. The summed E-state index contributed by atoms with van der Waals surface area (Å²) in [6, 6.07) is 6.21. The number of methoxy groups -OCH3 is 1. The van der Waals surface area contributed by atoms with Crippen molar-refractivity contribution >= 4 is 0 Å². The van der Waals surface area contributed by atoms with E-state index < -0.39 is 0 Å². The Labute approximate surface area is 108 Å². The Bertz CT molecular complexity index is 534. The molecule has 1 aromatic heterocycles. The Morgan fingerprint density at radius 3 is 2.67 bits per heavy atom. The molecule has 4 heteroatoms. The van der Waals surface area contributed by atoms with Gasteiger partial charge in [0.2, 0.25) is 0 Å². The minimum atomic E-state index is 0.0934. The summed E-state index contributed by atoms with van der Waals surface area (Å²) >= 11 is 0. The van der Waals surface area contributed by atoms with Crippen LogP contribution < -0.4 is 10.1 Å². The Kier molecular flexibility index (Phi) is 3.67. The summed E-state index contributed by atoms with van der Waals surface area (Å²) in [5.41, 5.74) is 2.41. The molecule has 1 aromatic carbocycles. The zero-order valence-electron chi connectivity index (χ0n) is 11.3. The van der Waals surface area contributed by atoms with Gasteiger partial charge in [-0.25, -0.2) is 4.98 Å². The summed E-state index contributed by atoms with van der Waals surface area (Å²) in [6.45, 7) is 2.09. The highest BCUT2D eigenvalue weighted by Crippen LogP contribution is 2.26. The molecule has 0 spiro atoms. The van der Waals surface area contributed by atoms with Gasteiger partial charge in [0.1, 0.15) is 11.6 Å². The fraction of sp³-hybridized carbons (Fsp3) is 0.357. The lowest BCUT2D eigenvalue weighted by Crippen LogP contribution is -2.22. The van der Waals surface area contributed by atoms with Crippen LogP contribution in [0.5, 0.6) is 5.75 Å². The van der Waals surface area contributed by atoms with Gasteiger partial charge in [0, 0.05) is 19.4 Å². The second-order valence-corrected chi connectivity index (χ2v) is 4.34. The Hall–Kier alpha value is -1.81. The van der Waals surface area contributed by atoms with Crippen LogP contribution in [0.15, 0.2) is 30.6 Å². The zero-order chi connectivity index (χ0) is 13.1. The second kappa shape index (κ2) is 5.23. The summed E-state index contributed by atoms with van der Waals surface area (Å²) in [4.78, 5) is 4.42. The van der Waals surface area contributed by atoms with Crippen LogP contribution in [0.3, 0.4) is 0 Å². The third kappa shape index (κ3) is 2.24. The van der Waals surface area contributed by atoms with Crippen molar-refractivity contribution in [3.05, 3.63) is 47.5 Å². The molecule has 96 valence electrons. The number of aryl methyl sites for hydroxylation is 2. The van der Waals surface area contributed by atoms with Gasteiger partial charge in [-0.15, -0.1) is 0 Å². The molecule has 0 aliphatic carbocycles.